The maximum Gasteiger partial charge on any atom is 0.189 e. The highest BCUT2D eigenvalue weighted by atomic mass is 32.1. The summed E-state index contributed by atoms with van der Waals surface area (Å²) in [5.74, 6) is 1.56. The van der Waals surface area contributed by atoms with E-state index < -0.39 is 0 Å². The van der Waals surface area contributed by atoms with Gasteiger partial charge in [0.2, 0.25) is 0 Å². The average molecular weight is 192 g/mol. The van der Waals surface area contributed by atoms with Crippen molar-refractivity contribution in [2.24, 2.45) is 0 Å². The van der Waals surface area contributed by atoms with Gasteiger partial charge in [-0.25, -0.2) is 5.10 Å². The van der Waals surface area contributed by atoms with Crippen molar-refractivity contribution >= 4 is 11.3 Å². The molecule has 5 heteroatoms. The molecule has 0 radical (unpaired) electrons. The SMILES string of the molecule is c1cc(C2CC2)c(-c2nnn[nH]2)s1. The first kappa shape index (κ1) is 7.20. The summed E-state index contributed by atoms with van der Waals surface area (Å²) >= 11 is 1.70. The van der Waals surface area contributed by atoms with Crippen LogP contribution in [-0.4, -0.2) is 20.6 Å². The minimum atomic E-state index is 0.756. The minimum Gasteiger partial charge on any atom is -0.238 e. The van der Waals surface area contributed by atoms with Gasteiger partial charge < -0.3 is 0 Å². The number of hydrogen-bond acceptors (Lipinski definition) is 4. The van der Waals surface area contributed by atoms with Crippen LogP contribution in [0.5, 0.6) is 0 Å². The lowest BCUT2D eigenvalue weighted by atomic mass is 10.1. The Bertz CT molecular complexity index is 401. The first-order valence-electron chi connectivity index (χ1n) is 4.26. The van der Waals surface area contributed by atoms with Crippen LogP contribution in [0.1, 0.15) is 24.3 Å². The summed E-state index contributed by atoms with van der Waals surface area (Å²) in [7, 11) is 0. The molecule has 1 aliphatic carbocycles. The summed E-state index contributed by atoms with van der Waals surface area (Å²) in [4.78, 5) is 1.20. The van der Waals surface area contributed by atoms with Crippen LogP contribution in [0.4, 0.5) is 0 Å². The van der Waals surface area contributed by atoms with E-state index >= 15 is 0 Å². The maximum absolute atomic E-state index is 3.92. The summed E-state index contributed by atoms with van der Waals surface area (Å²) in [5, 5.41) is 16.0. The van der Waals surface area contributed by atoms with Crippen LogP contribution in [-0.2, 0) is 0 Å². The van der Waals surface area contributed by atoms with Crippen LogP contribution in [0.3, 0.4) is 0 Å². The van der Waals surface area contributed by atoms with E-state index in [9.17, 15) is 0 Å². The molecule has 13 heavy (non-hydrogen) atoms. The molecule has 66 valence electrons. The zero-order chi connectivity index (χ0) is 8.67. The van der Waals surface area contributed by atoms with Gasteiger partial charge in [0.05, 0.1) is 4.88 Å². The summed E-state index contributed by atoms with van der Waals surface area (Å²) in [6.45, 7) is 0. The van der Waals surface area contributed by atoms with Crippen LogP contribution in [0, 0.1) is 0 Å². The lowest BCUT2D eigenvalue weighted by Gasteiger charge is -1.95. The summed E-state index contributed by atoms with van der Waals surface area (Å²) < 4.78 is 0. The third-order valence-electron chi connectivity index (χ3n) is 2.27. The molecule has 0 aliphatic heterocycles. The van der Waals surface area contributed by atoms with Crippen molar-refractivity contribution < 1.29 is 0 Å². The Hall–Kier alpha value is -1.23. The van der Waals surface area contributed by atoms with E-state index in [1.165, 1.54) is 23.3 Å². The molecular formula is C8H8N4S. The number of hydrogen-bond donors (Lipinski definition) is 1. The number of aromatic nitrogens is 4. The zero-order valence-corrected chi connectivity index (χ0v) is 7.71. The monoisotopic (exact) mass is 192 g/mol. The second-order valence-corrected chi connectivity index (χ2v) is 4.15. The number of nitrogens with zero attached hydrogens (tertiary/aromatic N) is 3. The lowest BCUT2D eigenvalue weighted by molar-refractivity contribution is 0.881. The molecule has 0 spiro atoms. The highest BCUT2D eigenvalue weighted by molar-refractivity contribution is 7.13. The molecule has 1 saturated carbocycles. The van der Waals surface area contributed by atoms with Gasteiger partial charge in [0.25, 0.3) is 0 Å². The lowest BCUT2D eigenvalue weighted by Crippen LogP contribution is -1.82. The predicted molar refractivity (Wildman–Crippen MR) is 49.5 cm³/mol. The van der Waals surface area contributed by atoms with Gasteiger partial charge in [0.1, 0.15) is 0 Å². The summed E-state index contributed by atoms with van der Waals surface area (Å²) in [5.41, 5.74) is 1.41. The first-order valence-corrected chi connectivity index (χ1v) is 5.14. The molecule has 0 amide bonds. The van der Waals surface area contributed by atoms with Gasteiger partial charge in [0, 0.05) is 0 Å². The quantitative estimate of drug-likeness (QED) is 0.789. The first-order chi connectivity index (χ1) is 6.45. The number of nitrogens with one attached hydrogen (secondary N) is 1. The maximum atomic E-state index is 3.92. The molecule has 0 bridgehead atoms. The Balaban J connectivity index is 2.08. The van der Waals surface area contributed by atoms with Gasteiger partial charge in [-0.15, -0.1) is 16.4 Å². The predicted octanol–water partition coefficient (Wildman–Crippen LogP) is 1.81. The largest absolute Gasteiger partial charge is 0.238 e. The van der Waals surface area contributed by atoms with Crippen molar-refractivity contribution in [1.29, 1.82) is 0 Å². The Morgan fingerprint density at radius 2 is 2.38 bits per heavy atom. The highest BCUT2D eigenvalue weighted by Crippen LogP contribution is 2.45. The third-order valence-corrected chi connectivity index (χ3v) is 3.21. The fraction of sp³-hybridized carbons (Fsp3) is 0.375. The number of thiophene rings is 1. The van der Waals surface area contributed by atoms with E-state index in [4.69, 9.17) is 0 Å². The summed E-state index contributed by atoms with van der Waals surface area (Å²) in [6.07, 6.45) is 2.62. The zero-order valence-electron chi connectivity index (χ0n) is 6.90. The van der Waals surface area contributed by atoms with E-state index in [1.54, 1.807) is 11.3 Å². The van der Waals surface area contributed by atoms with Crippen LogP contribution < -0.4 is 0 Å². The van der Waals surface area contributed by atoms with Gasteiger partial charge in [-0.05, 0) is 46.2 Å². The molecule has 0 unspecified atom stereocenters. The standard InChI is InChI=1S/C8H8N4S/c1-2-5(1)6-3-4-13-7(6)8-9-11-12-10-8/h3-5H,1-2H2,(H,9,10,11,12). The van der Waals surface area contributed by atoms with E-state index in [0.29, 0.717) is 0 Å². The van der Waals surface area contributed by atoms with Crippen molar-refractivity contribution in [3.05, 3.63) is 17.0 Å². The molecular weight excluding hydrogens is 184 g/mol. The van der Waals surface area contributed by atoms with Crippen molar-refractivity contribution in [3.8, 4) is 10.7 Å². The second kappa shape index (κ2) is 2.63. The molecule has 0 saturated heterocycles. The summed E-state index contributed by atoms with van der Waals surface area (Å²) in [6, 6.07) is 2.18. The Morgan fingerprint density at radius 1 is 1.46 bits per heavy atom. The Kier molecular flexibility index (Phi) is 1.46. The average Bonchev–Trinajstić information content (AvgIpc) is 2.72. The van der Waals surface area contributed by atoms with Crippen molar-refractivity contribution in [2.75, 3.05) is 0 Å². The van der Waals surface area contributed by atoms with E-state index in [2.05, 4.69) is 32.1 Å². The third kappa shape index (κ3) is 1.16. The molecule has 1 aliphatic rings. The Morgan fingerprint density at radius 3 is 3.08 bits per heavy atom. The Labute approximate surface area is 79.0 Å². The number of tetrazole rings is 1. The normalized spacial score (nSPS) is 16.3. The van der Waals surface area contributed by atoms with Gasteiger partial charge >= 0.3 is 0 Å². The van der Waals surface area contributed by atoms with Gasteiger partial charge in [0.15, 0.2) is 5.82 Å². The molecule has 0 aromatic carbocycles. The number of rotatable bonds is 2. The highest BCUT2D eigenvalue weighted by Gasteiger charge is 2.27. The molecule has 4 nitrogen and oxygen atoms in total. The van der Waals surface area contributed by atoms with Crippen LogP contribution in [0.25, 0.3) is 10.7 Å². The number of aromatic amines is 1. The van der Waals surface area contributed by atoms with Crippen molar-refractivity contribution in [3.63, 3.8) is 0 Å². The molecule has 3 rings (SSSR count). The van der Waals surface area contributed by atoms with Gasteiger partial charge in [-0.2, -0.15) is 0 Å². The fourth-order valence-electron chi connectivity index (χ4n) is 1.48. The van der Waals surface area contributed by atoms with E-state index in [0.717, 1.165) is 11.7 Å². The van der Waals surface area contributed by atoms with Crippen LogP contribution in [0.15, 0.2) is 11.4 Å². The minimum absolute atomic E-state index is 0.756. The molecule has 2 heterocycles. The second-order valence-electron chi connectivity index (χ2n) is 3.23. The fourth-order valence-corrected chi connectivity index (χ4v) is 2.40. The molecule has 0 atom stereocenters. The molecule has 1 N–H and O–H groups in total. The van der Waals surface area contributed by atoms with E-state index in [-0.39, 0.29) is 0 Å². The molecule has 2 aromatic heterocycles. The topological polar surface area (TPSA) is 54.5 Å². The molecule has 1 fully saturated rings. The van der Waals surface area contributed by atoms with Gasteiger partial charge in [-0.3, -0.25) is 0 Å². The number of H-pyrrole nitrogens is 1. The van der Waals surface area contributed by atoms with Crippen molar-refractivity contribution in [2.45, 2.75) is 18.8 Å². The van der Waals surface area contributed by atoms with Gasteiger partial charge in [-0.1, -0.05) is 0 Å². The van der Waals surface area contributed by atoms with E-state index in [1.807, 2.05) is 0 Å². The van der Waals surface area contributed by atoms with Crippen LogP contribution in [0.2, 0.25) is 0 Å². The van der Waals surface area contributed by atoms with Crippen molar-refractivity contribution in [1.82, 2.24) is 20.6 Å². The van der Waals surface area contributed by atoms with Crippen LogP contribution >= 0.6 is 11.3 Å². The molecule has 2 aromatic rings. The smallest absolute Gasteiger partial charge is 0.189 e.